The zero-order valence-electron chi connectivity index (χ0n) is 12.6. The van der Waals surface area contributed by atoms with E-state index >= 15 is 0 Å². The molecule has 0 aromatic heterocycles. The zero-order chi connectivity index (χ0) is 15.7. The van der Waals surface area contributed by atoms with Crippen LogP contribution in [0.15, 0.2) is 30.4 Å². The second-order valence-corrected chi connectivity index (χ2v) is 4.78. The van der Waals surface area contributed by atoms with E-state index in [0.29, 0.717) is 31.9 Å². The van der Waals surface area contributed by atoms with Gasteiger partial charge in [-0.15, -0.1) is 6.58 Å². The van der Waals surface area contributed by atoms with E-state index in [-0.39, 0.29) is 5.69 Å². The summed E-state index contributed by atoms with van der Waals surface area (Å²) in [5.41, 5.74) is 1.90. The van der Waals surface area contributed by atoms with Crippen LogP contribution in [-0.2, 0) is 11.3 Å². The van der Waals surface area contributed by atoms with E-state index in [1.807, 2.05) is 6.92 Å². The van der Waals surface area contributed by atoms with Crippen molar-refractivity contribution in [2.45, 2.75) is 19.9 Å². The number of methoxy groups -OCH3 is 1. The Labute approximate surface area is 124 Å². The maximum Gasteiger partial charge on any atom is 0.310 e. The number of nitrogens with zero attached hydrogens (tertiary/aromatic N) is 1. The summed E-state index contributed by atoms with van der Waals surface area (Å²) < 4.78 is 10.5. The van der Waals surface area contributed by atoms with Gasteiger partial charge in [0, 0.05) is 32.7 Å². The number of rotatable bonds is 10. The maximum atomic E-state index is 11.0. The van der Waals surface area contributed by atoms with Crippen molar-refractivity contribution in [3.05, 3.63) is 46.0 Å². The quantitative estimate of drug-likeness (QED) is 0.311. The SMILES string of the molecule is C=C(C)CCOc1cc(CNCCOC)ccc1[N+](=O)[O-]. The topological polar surface area (TPSA) is 73.6 Å². The van der Waals surface area contributed by atoms with E-state index < -0.39 is 4.92 Å². The zero-order valence-corrected chi connectivity index (χ0v) is 12.6. The molecule has 1 rings (SSSR count). The lowest BCUT2D eigenvalue weighted by Gasteiger charge is -2.09. The Morgan fingerprint density at radius 1 is 1.43 bits per heavy atom. The lowest BCUT2D eigenvalue weighted by atomic mass is 10.2. The number of hydrogen-bond donors (Lipinski definition) is 1. The fourth-order valence-corrected chi connectivity index (χ4v) is 1.68. The van der Waals surface area contributed by atoms with E-state index in [9.17, 15) is 10.1 Å². The molecule has 1 N–H and O–H groups in total. The number of nitrogens with one attached hydrogen (secondary N) is 1. The van der Waals surface area contributed by atoms with Gasteiger partial charge in [-0.05, 0) is 18.6 Å². The molecule has 0 aliphatic carbocycles. The van der Waals surface area contributed by atoms with Crippen molar-refractivity contribution >= 4 is 5.69 Å². The third kappa shape index (κ3) is 6.37. The summed E-state index contributed by atoms with van der Waals surface area (Å²) in [4.78, 5) is 10.6. The van der Waals surface area contributed by atoms with Crippen LogP contribution < -0.4 is 10.1 Å². The number of hydrogen-bond acceptors (Lipinski definition) is 5. The molecule has 0 spiro atoms. The minimum absolute atomic E-state index is 0.0163. The van der Waals surface area contributed by atoms with Gasteiger partial charge in [0.05, 0.1) is 18.1 Å². The van der Waals surface area contributed by atoms with Gasteiger partial charge < -0.3 is 14.8 Å². The normalized spacial score (nSPS) is 10.4. The van der Waals surface area contributed by atoms with Crippen molar-refractivity contribution in [3.63, 3.8) is 0 Å². The van der Waals surface area contributed by atoms with Crippen molar-refractivity contribution in [2.75, 3.05) is 26.9 Å². The van der Waals surface area contributed by atoms with Crippen molar-refractivity contribution < 1.29 is 14.4 Å². The first-order valence-corrected chi connectivity index (χ1v) is 6.78. The van der Waals surface area contributed by atoms with Crippen molar-refractivity contribution in [1.82, 2.24) is 5.32 Å². The van der Waals surface area contributed by atoms with Gasteiger partial charge in [0.1, 0.15) is 0 Å². The molecule has 0 aliphatic rings. The Bertz CT molecular complexity index is 489. The van der Waals surface area contributed by atoms with E-state index in [0.717, 1.165) is 17.7 Å². The minimum Gasteiger partial charge on any atom is -0.486 e. The summed E-state index contributed by atoms with van der Waals surface area (Å²) in [5.74, 6) is 0.298. The van der Waals surface area contributed by atoms with E-state index in [1.165, 1.54) is 6.07 Å². The van der Waals surface area contributed by atoms with Crippen LogP contribution in [0.4, 0.5) is 5.69 Å². The maximum absolute atomic E-state index is 11.0. The summed E-state index contributed by atoms with van der Waals surface area (Å²) in [5, 5.41) is 14.2. The Morgan fingerprint density at radius 3 is 2.81 bits per heavy atom. The van der Waals surface area contributed by atoms with Gasteiger partial charge in [0.2, 0.25) is 0 Å². The number of nitro benzene ring substituents is 1. The molecule has 1 aromatic rings. The number of benzene rings is 1. The molecule has 0 bridgehead atoms. The van der Waals surface area contributed by atoms with Gasteiger partial charge in [-0.1, -0.05) is 11.6 Å². The molecule has 0 saturated carbocycles. The standard InChI is InChI=1S/C15H22N2O4/c1-12(2)6-8-21-15-10-13(11-16-7-9-20-3)4-5-14(15)17(18)19/h4-5,10,16H,1,6-9,11H2,2-3H3. The Morgan fingerprint density at radius 2 is 2.19 bits per heavy atom. The average molecular weight is 294 g/mol. The fraction of sp³-hybridized carbons (Fsp3) is 0.467. The predicted molar refractivity (Wildman–Crippen MR) is 81.6 cm³/mol. The highest BCUT2D eigenvalue weighted by molar-refractivity contribution is 5.48. The van der Waals surface area contributed by atoms with Crippen LogP contribution >= 0.6 is 0 Å². The van der Waals surface area contributed by atoms with Crippen LogP contribution in [0.3, 0.4) is 0 Å². The van der Waals surface area contributed by atoms with E-state index in [2.05, 4.69) is 11.9 Å². The second-order valence-electron chi connectivity index (χ2n) is 4.78. The summed E-state index contributed by atoms with van der Waals surface area (Å²) >= 11 is 0. The lowest BCUT2D eigenvalue weighted by molar-refractivity contribution is -0.385. The van der Waals surface area contributed by atoms with Gasteiger partial charge in [-0.25, -0.2) is 0 Å². The molecule has 0 radical (unpaired) electrons. The lowest BCUT2D eigenvalue weighted by Crippen LogP contribution is -2.18. The van der Waals surface area contributed by atoms with Crippen LogP contribution in [0.5, 0.6) is 5.75 Å². The Balaban J connectivity index is 2.70. The highest BCUT2D eigenvalue weighted by Crippen LogP contribution is 2.28. The molecule has 0 aliphatic heterocycles. The summed E-state index contributed by atoms with van der Waals surface area (Å²) in [6, 6.07) is 4.91. The van der Waals surface area contributed by atoms with Crippen LogP contribution in [0.1, 0.15) is 18.9 Å². The van der Waals surface area contributed by atoms with Gasteiger partial charge in [0.25, 0.3) is 0 Å². The largest absolute Gasteiger partial charge is 0.486 e. The molecular weight excluding hydrogens is 272 g/mol. The summed E-state index contributed by atoms with van der Waals surface area (Å²) in [6.07, 6.45) is 0.674. The first-order chi connectivity index (χ1) is 10.0. The molecule has 6 nitrogen and oxygen atoms in total. The van der Waals surface area contributed by atoms with Crippen molar-refractivity contribution in [2.24, 2.45) is 0 Å². The van der Waals surface area contributed by atoms with Gasteiger partial charge in [0.15, 0.2) is 5.75 Å². The molecule has 1 aromatic carbocycles. The smallest absolute Gasteiger partial charge is 0.310 e. The molecule has 0 atom stereocenters. The van der Waals surface area contributed by atoms with E-state index in [4.69, 9.17) is 9.47 Å². The molecule has 0 fully saturated rings. The molecular formula is C15H22N2O4. The van der Waals surface area contributed by atoms with Crippen LogP contribution in [0.2, 0.25) is 0 Å². The first kappa shape index (κ1) is 17.1. The van der Waals surface area contributed by atoms with Crippen LogP contribution in [0, 0.1) is 10.1 Å². The molecule has 0 heterocycles. The molecule has 21 heavy (non-hydrogen) atoms. The van der Waals surface area contributed by atoms with Gasteiger partial charge in [-0.3, -0.25) is 10.1 Å². The van der Waals surface area contributed by atoms with Crippen LogP contribution in [0.25, 0.3) is 0 Å². The number of ether oxygens (including phenoxy) is 2. The van der Waals surface area contributed by atoms with Crippen molar-refractivity contribution in [3.8, 4) is 5.75 Å². The molecule has 116 valence electrons. The summed E-state index contributed by atoms with van der Waals surface area (Å²) in [6.45, 7) is 8.02. The van der Waals surface area contributed by atoms with Gasteiger partial charge in [-0.2, -0.15) is 0 Å². The highest BCUT2D eigenvalue weighted by Gasteiger charge is 2.15. The minimum atomic E-state index is -0.432. The molecule has 0 amide bonds. The molecule has 6 heteroatoms. The fourth-order valence-electron chi connectivity index (χ4n) is 1.68. The highest BCUT2D eigenvalue weighted by atomic mass is 16.6. The summed E-state index contributed by atoms with van der Waals surface area (Å²) in [7, 11) is 1.64. The molecule has 0 saturated heterocycles. The second kappa shape index (κ2) is 9.10. The Hall–Kier alpha value is -1.92. The first-order valence-electron chi connectivity index (χ1n) is 6.78. The van der Waals surface area contributed by atoms with Gasteiger partial charge >= 0.3 is 5.69 Å². The van der Waals surface area contributed by atoms with E-state index in [1.54, 1.807) is 19.2 Å². The molecule has 0 unspecified atom stereocenters. The average Bonchev–Trinajstić information content (AvgIpc) is 2.43. The Kier molecular flexibility index (Phi) is 7.42. The third-order valence-corrected chi connectivity index (χ3v) is 2.82. The predicted octanol–water partition coefficient (Wildman–Crippen LogP) is 2.68. The van der Waals surface area contributed by atoms with Crippen LogP contribution in [-0.4, -0.2) is 31.8 Å². The van der Waals surface area contributed by atoms with Crippen molar-refractivity contribution in [1.29, 1.82) is 0 Å². The monoisotopic (exact) mass is 294 g/mol. The third-order valence-electron chi connectivity index (χ3n) is 2.82. The number of nitro groups is 1.